The van der Waals surface area contributed by atoms with Gasteiger partial charge in [0.1, 0.15) is 4.90 Å². The molecule has 0 saturated heterocycles. The summed E-state index contributed by atoms with van der Waals surface area (Å²) in [7, 11) is -3.68. The Morgan fingerprint density at radius 3 is 2.50 bits per heavy atom. The molecule has 0 fully saturated rings. The molecule has 7 heteroatoms. The highest BCUT2D eigenvalue weighted by atomic mass is 79.9. The first kappa shape index (κ1) is 15.8. The Kier molecular flexibility index (Phi) is 4.79. The van der Waals surface area contributed by atoms with Gasteiger partial charge in [-0.2, -0.15) is 0 Å². The number of halogens is 3. The van der Waals surface area contributed by atoms with Gasteiger partial charge in [0.2, 0.25) is 0 Å². The zero-order valence-corrected chi connectivity index (χ0v) is 15.1. The summed E-state index contributed by atoms with van der Waals surface area (Å²) in [6.07, 6.45) is 0. The van der Waals surface area contributed by atoms with E-state index in [9.17, 15) is 8.42 Å². The average Bonchev–Trinajstić information content (AvgIpc) is 2.34. The zero-order chi connectivity index (χ0) is 14.9. The van der Waals surface area contributed by atoms with Crippen LogP contribution in [0.2, 0.25) is 5.02 Å². The Bertz CT molecular complexity index is 763. The number of benzene rings is 2. The van der Waals surface area contributed by atoms with Crippen molar-refractivity contribution in [3.8, 4) is 0 Å². The second-order valence-electron chi connectivity index (χ2n) is 4.09. The van der Waals surface area contributed by atoms with Gasteiger partial charge in [0.25, 0.3) is 10.0 Å². The predicted octanol–water partition coefficient (Wildman–Crippen LogP) is 4.97. The highest BCUT2D eigenvalue weighted by Crippen LogP contribution is 2.29. The first-order chi connectivity index (χ1) is 9.31. The molecule has 1 N–H and O–H groups in total. The molecule has 20 heavy (non-hydrogen) atoms. The molecule has 2 rings (SSSR count). The molecule has 0 aliphatic heterocycles. The van der Waals surface area contributed by atoms with Gasteiger partial charge in [0, 0.05) is 14.0 Å². The number of rotatable bonds is 3. The molecule has 0 aromatic heterocycles. The van der Waals surface area contributed by atoms with Gasteiger partial charge in [0.05, 0.1) is 5.69 Å². The second kappa shape index (κ2) is 6.05. The van der Waals surface area contributed by atoms with Gasteiger partial charge < -0.3 is 0 Å². The van der Waals surface area contributed by atoms with E-state index in [0.29, 0.717) is 20.7 Å². The van der Waals surface area contributed by atoms with E-state index in [1.165, 1.54) is 6.07 Å². The molecule has 0 spiro atoms. The van der Waals surface area contributed by atoms with Crippen LogP contribution in [0.3, 0.4) is 0 Å². The van der Waals surface area contributed by atoms with E-state index < -0.39 is 10.0 Å². The lowest BCUT2D eigenvalue weighted by molar-refractivity contribution is 0.600. The molecular formula is C13H10Br2ClNO2S. The topological polar surface area (TPSA) is 46.2 Å². The maximum absolute atomic E-state index is 12.4. The Morgan fingerprint density at radius 2 is 1.85 bits per heavy atom. The van der Waals surface area contributed by atoms with Gasteiger partial charge in [-0.1, -0.05) is 33.6 Å². The fourth-order valence-electron chi connectivity index (χ4n) is 1.61. The summed E-state index contributed by atoms with van der Waals surface area (Å²) in [6, 6.07) is 9.96. The third kappa shape index (κ3) is 3.36. The Morgan fingerprint density at radius 1 is 1.15 bits per heavy atom. The normalized spacial score (nSPS) is 11.4. The summed E-state index contributed by atoms with van der Waals surface area (Å²) in [5, 5.41) is 0.514. The lowest BCUT2D eigenvalue weighted by Crippen LogP contribution is -2.14. The molecule has 0 atom stereocenters. The number of sulfonamides is 1. The monoisotopic (exact) mass is 437 g/mol. The Labute approximate surface area is 139 Å². The second-order valence-corrected chi connectivity index (χ2v) is 7.92. The van der Waals surface area contributed by atoms with Crippen molar-refractivity contribution < 1.29 is 8.42 Å². The largest absolute Gasteiger partial charge is 0.279 e. The van der Waals surface area contributed by atoms with E-state index in [4.69, 9.17) is 11.6 Å². The summed E-state index contributed by atoms with van der Waals surface area (Å²) in [5.41, 5.74) is 1.15. The molecule has 2 aromatic carbocycles. The minimum absolute atomic E-state index is 0.167. The number of anilines is 1. The molecule has 3 nitrogen and oxygen atoms in total. The molecule has 0 heterocycles. The minimum Gasteiger partial charge on any atom is -0.279 e. The Hall–Kier alpha value is -0.560. The Balaban J connectivity index is 2.44. The summed E-state index contributed by atoms with van der Waals surface area (Å²) < 4.78 is 28.6. The molecule has 106 valence electrons. The van der Waals surface area contributed by atoms with Crippen LogP contribution >= 0.6 is 43.5 Å². The first-order valence-corrected chi connectivity index (χ1v) is 8.99. The maximum Gasteiger partial charge on any atom is 0.263 e. The fraction of sp³-hybridized carbons (Fsp3) is 0.0769. The van der Waals surface area contributed by atoms with Crippen LogP contribution in [0, 0.1) is 6.92 Å². The molecule has 0 bridgehead atoms. The molecule has 0 unspecified atom stereocenters. The smallest absolute Gasteiger partial charge is 0.263 e. The van der Waals surface area contributed by atoms with E-state index in [1.807, 2.05) is 0 Å². The first-order valence-electron chi connectivity index (χ1n) is 5.54. The van der Waals surface area contributed by atoms with E-state index in [2.05, 4.69) is 36.6 Å². The highest BCUT2D eigenvalue weighted by Gasteiger charge is 2.19. The van der Waals surface area contributed by atoms with E-state index in [0.717, 1.165) is 4.47 Å². The van der Waals surface area contributed by atoms with Crippen molar-refractivity contribution in [3.63, 3.8) is 0 Å². The third-order valence-corrected chi connectivity index (χ3v) is 5.94. The predicted molar refractivity (Wildman–Crippen MR) is 88.8 cm³/mol. The van der Waals surface area contributed by atoms with Crippen molar-refractivity contribution in [2.75, 3.05) is 4.72 Å². The third-order valence-electron chi connectivity index (χ3n) is 2.70. The van der Waals surface area contributed by atoms with E-state index >= 15 is 0 Å². The summed E-state index contributed by atoms with van der Waals surface area (Å²) in [4.78, 5) is 0.167. The van der Waals surface area contributed by atoms with Gasteiger partial charge in [-0.3, -0.25) is 4.72 Å². The molecule has 0 radical (unpaired) electrons. The van der Waals surface area contributed by atoms with Crippen molar-refractivity contribution >= 4 is 59.2 Å². The molecule has 0 amide bonds. The summed E-state index contributed by atoms with van der Waals surface area (Å²) >= 11 is 12.5. The van der Waals surface area contributed by atoms with Crippen molar-refractivity contribution in [2.24, 2.45) is 0 Å². The van der Waals surface area contributed by atoms with Crippen LogP contribution in [0.5, 0.6) is 0 Å². The van der Waals surface area contributed by atoms with Crippen molar-refractivity contribution in [3.05, 3.63) is 55.9 Å². The lowest BCUT2D eigenvalue weighted by Gasteiger charge is -2.12. The minimum atomic E-state index is -3.68. The number of hydrogen-bond donors (Lipinski definition) is 1. The molecule has 0 aliphatic carbocycles. The summed E-state index contributed by atoms with van der Waals surface area (Å²) in [6.45, 7) is 1.76. The van der Waals surface area contributed by atoms with Gasteiger partial charge in [-0.05, 0) is 58.7 Å². The van der Waals surface area contributed by atoms with Crippen LogP contribution in [-0.2, 0) is 10.0 Å². The highest BCUT2D eigenvalue weighted by molar-refractivity contribution is 9.11. The van der Waals surface area contributed by atoms with Crippen LogP contribution < -0.4 is 4.72 Å². The van der Waals surface area contributed by atoms with E-state index in [-0.39, 0.29) is 4.90 Å². The van der Waals surface area contributed by atoms with Gasteiger partial charge in [0.15, 0.2) is 0 Å². The maximum atomic E-state index is 12.4. The average molecular weight is 440 g/mol. The fourth-order valence-corrected chi connectivity index (χ4v) is 4.66. The number of nitrogens with one attached hydrogen (secondary N) is 1. The molecular weight excluding hydrogens is 429 g/mol. The lowest BCUT2D eigenvalue weighted by atomic mass is 10.2. The molecule has 2 aromatic rings. The van der Waals surface area contributed by atoms with E-state index in [1.54, 1.807) is 37.3 Å². The van der Waals surface area contributed by atoms with Crippen molar-refractivity contribution in [2.45, 2.75) is 11.8 Å². The molecule has 0 saturated carbocycles. The van der Waals surface area contributed by atoms with Crippen molar-refractivity contribution in [1.82, 2.24) is 0 Å². The van der Waals surface area contributed by atoms with Crippen molar-refractivity contribution in [1.29, 1.82) is 0 Å². The van der Waals surface area contributed by atoms with Gasteiger partial charge in [-0.25, -0.2) is 8.42 Å². The van der Waals surface area contributed by atoms with Crippen LogP contribution in [0.4, 0.5) is 5.69 Å². The quantitative estimate of drug-likeness (QED) is 0.734. The van der Waals surface area contributed by atoms with Gasteiger partial charge in [-0.15, -0.1) is 0 Å². The van der Waals surface area contributed by atoms with Crippen LogP contribution in [-0.4, -0.2) is 8.42 Å². The summed E-state index contributed by atoms with van der Waals surface area (Å²) in [5.74, 6) is 0. The zero-order valence-electron chi connectivity index (χ0n) is 10.3. The van der Waals surface area contributed by atoms with Crippen LogP contribution in [0.25, 0.3) is 0 Å². The van der Waals surface area contributed by atoms with Crippen LogP contribution in [0.15, 0.2) is 50.2 Å². The van der Waals surface area contributed by atoms with Crippen LogP contribution in [0.1, 0.15) is 5.56 Å². The standard InChI is InChI=1S/C13H10Br2ClNO2S/c1-8-11(16)3-2-4-12(8)17-20(18,19)13-6-5-9(14)7-10(13)15/h2-7,17H,1H3. The number of hydrogen-bond acceptors (Lipinski definition) is 2. The molecule has 0 aliphatic rings. The SMILES string of the molecule is Cc1c(Cl)cccc1NS(=O)(=O)c1ccc(Br)cc1Br. The van der Waals surface area contributed by atoms with Gasteiger partial charge >= 0.3 is 0 Å².